The van der Waals surface area contributed by atoms with Gasteiger partial charge in [-0.3, -0.25) is 9.48 Å². The van der Waals surface area contributed by atoms with Gasteiger partial charge in [0.2, 0.25) is 5.91 Å². The highest BCUT2D eigenvalue weighted by atomic mass is 16.2. The lowest BCUT2D eigenvalue weighted by Crippen LogP contribution is -2.42. The van der Waals surface area contributed by atoms with E-state index < -0.39 is 0 Å². The van der Waals surface area contributed by atoms with Crippen molar-refractivity contribution in [2.75, 3.05) is 11.9 Å². The van der Waals surface area contributed by atoms with E-state index in [9.17, 15) is 4.79 Å². The summed E-state index contributed by atoms with van der Waals surface area (Å²) < 4.78 is 1.66. The van der Waals surface area contributed by atoms with Crippen molar-refractivity contribution < 1.29 is 4.79 Å². The van der Waals surface area contributed by atoms with Crippen LogP contribution >= 0.6 is 0 Å². The molecule has 0 radical (unpaired) electrons. The Bertz CT molecular complexity index is 636. The van der Waals surface area contributed by atoms with E-state index in [1.54, 1.807) is 11.0 Å². The summed E-state index contributed by atoms with van der Waals surface area (Å²) in [7, 11) is 1.83. The van der Waals surface area contributed by atoms with Gasteiger partial charge in [0.15, 0.2) is 5.82 Å². The quantitative estimate of drug-likeness (QED) is 0.875. The van der Waals surface area contributed by atoms with Gasteiger partial charge in [-0.05, 0) is 24.5 Å². The van der Waals surface area contributed by atoms with Crippen molar-refractivity contribution in [3.8, 4) is 0 Å². The molecule has 1 aliphatic rings. The summed E-state index contributed by atoms with van der Waals surface area (Å²) in [5.74, 6) is 0.792. The monoisotopic (exact) mass is 285 g/mol. The Morgan fingerprint density at radius 1 is 1.48 bits per heavy atom. The maximum absolute atomic E-state index is 12.2. The second-order valence-electron chi connectivity index (χ2n) is 5.27. The van der Waals surface area contributed by atoms with E-state index in [2.05, 4.69) is 26.8 Å². The molecule has 1 atom stereocenters. The van der Waals surface area contributed by atoms with Gasteiger partial charge < -0.3 is 10.6 Å². The molecule has 0 saturated carbocycles. The van der Waals surface area contributed by atoms with Crippen LogP contribution in [0.15, 0.2) is 30.6 Å². The molecule has 1 aromatic carbocycles. The first-order chi connectivity index (χ1) is 10.2. The van der Waals surface area contributed by atoms with Gasteiger partial charge in [-0.2, -0.15) is 5.10 Å². The predicted octanol–water partition coefficient (Wildman–Crippen LogP) is 0.901. The fourth-order valence-electron chi connectivity index (χ4n) is 2.55. The zero-order valence-corrected chi connectivity index (χ0v) is 12.0. The van der Waals surface area contributed by atoms with Crippen molar-refractivity contribution in [2.45, 2.75) is 25.3 Å². The highest BCUT2D eigenvalue weighted by molar-refractivity contribution is 5.85. The number of anilines is 1. The van der Waals surface area contributed by atoms with Crippen LogP contribution in [0.25, 0.3) is 0 Å². The molecule has 0 spiro atoms. The third kappa shape index (κ3) is 3.21. The molecule has 6 nitrogen and oxygen atoms in total. The maximum Gasteiger partial charge on any atom is 0.242 e. The van der Waals surface area contributed by atoms with E-state index >= 15 is 0 Å². The zero-order chi connectivity index (χ0) is 14.7. The lowest BCUT2D eigenvalue weighted by molar-refractivity contribution is -0.122. The Morgan fingerprint density at radius 3 is 3.14 bits per heavy atom. The Balaban J connectivity index is 1.50. The highest BCUT2D eigenvalue weighted by Gasteiger charge is 2.23. The summed E-state index contributed by atoms with van der Waals surface area (Å²) in [6.07, 6.45) is 4.07. The molecule has 110 valence electrons. The van der Waals surface area contributed by atoms with Crippen molar-refractivity contribution in [3.05, 3.63) is 42.0 Å². The summed E-state index contributed by atoms with van der Waals surface area (Å²) in [5.41, 5.74) is 2.34. The average Bonchev–Trinajstić information content (AvgIpc) is 2.92. The molecular weight excluding hydrogens is 266 g/mol. The molecule has 2 aromatic rings. The first-order valence-corrected chi connectivity index (χ1v) is 7.19. The number of hydrogen-bond acceptors (Lipinski definition) is 4. The van der Waals surface area contributed by atoms with Crippen molar-refractivity contribution in [2.24, 2.45) is 7.05 Å². The van der Waals surface area contributed by atoms with Crippen LogP contribution < -0.4 is 10.6 Å². The number of nitrogens with zero attached hydrogens (tertiary/aromatic N) is 3. The van der Waals surface area contributed by atoms with Crippen LogP contribution in [0.2, 0.25) is 0 Å². The number of carbonyl (C=O) groups excluding carboxylic acids is 1. The third-order valence-corrected chi connectivity index (χ3v) is 3.66. The number of aromatic nitrogens is 3. The van der Waals surface area contributed by atoms with E-state index in [0.29, 0.717) is 13.0 Å². The number of carbonyl (C=O) groups is 1. The fourth-order valence-corrected chi connectivity index (χ4v) is 2.55. The van der Waals surface area contributed by atoms with Crippen LogP contribution in [0.1, 0.15) is 17.8 Å². The minimum Gasteiger partial charge on any atom is -0.373 e. The lowest BCUT2D eigenvalue weighted by atomic mass is 9.98. The minimum absolute atomic E-state index is 0.0421. The van der Waals surface area contributed by atoms with Crippen molar-refractivity contribution in [3.63, 3.8) is 0 Å². The highest BCUT2D eigenvalue weighted by Crippen LogP contribution is 2.24. The number of para-hydroxylation sites is 1. The molecule has 0 aliphatic carbocycles. The summed E-state index contributed by atoms with van der Waals surface area (Å²) in [6, 6.07) is 7.98. The van der Waals surface area contributed by atoms with Crippen molar-refractivity contribution in [1.82, 2.24) is 20.1 Å². The van der Waals surface area contributed by atoms with Crippen LogP contribution in [0.5, 0.6) is 0 Å². The summed E-state index contributed by atoms with van der Waals surface area (Å²) in [6.45, 7) is 0.558. The largest absolute Gasteiger partial charge is 0.373 e. The normalized spacial score (nSPS) is 16.9. The molecule has 1 aromatic heterocycles. The Kier molecular flexibility index (Phi) is 3.85. The molecule has 1 aliphatic heterocycles. The van der Waals surface area contributed by atoms with E-state index in [1.165, 1.54) is 5.56 Å². The third-order valence-electron chi connectivity index (χ3n) is 3.66. The fraction of sp³-hybridized carbons (Fsp3) is 0.400. The molecule has 21 heavy (non-hydrogen) atoms. The van der Waals surface area contributed by atoms with Crippen LogP contribution in [-0.2, 0) is 24.7 Å². The number of aryl methyl sites for hydroxylation is 2. The van der Waals surface area contributed by atoms with E-state index in [-0.39, 0.29) is 11.9 Å². The Labute approximate surface area is 123 Å². The first kappa shape index (κ1) is 13.6. The summed E-state index contributed by atoms with van der Waals surface area (Å²) in [4.78, 5) is 16.3. The second kappa shape index (κ2) is 5.95. The van der Waals surface area contributed by atoms with Gasteiger partial charge in [-0.25, -0.2) is 4.98 Å². The molecule has 0 saturated heterocycles. The molecule has 0 fully saturated rings. The van der Waals surface area contributed by atoms with Gasteiger partial charge in [0, 0.05) is 25.7 Å². The van der Waals surface area contributed by atoms with Crippen LogP contribution in [0.3, 0.4) is 0 Å². The summed E-state index contributed by atoms with van der Waals surface area (Å²) >= 11 is 0. The van der Waals surface area contributed by atoms with Gasteiger partial charge >= 0.3 is 0 Å². The molecule has 0 bridgehead atoms. The number of amides is 1. The second-order valence-corrected chi connectivity index (χ2v) is 5.27. The van der Waals surface area contributed by atoms with Gasteiger partial charge in [0.05, 0.1) is 0 Å². The van der Waals surface area contributed by atoms with Gasteiger partial charge in [-0.15, -0.1) is 0 Å². The number of hydrogen-bond donors (Lipinski definition) is 2. The minimum atomic E-state index is -0.156. The number of benzene rings is 1. The van der Waals surface area contributed by atoms with Crippen LogP contribution in [0, 0.1) is 0 Å². The van der Waals surface area contributed by atoms with Gasteiger partial charge in [-0.1, -0.05) is 18.2 Å². The molecule has 1 unspecified atom stereocenters. The average molecular weight is 285 g/mol. The lowest BCUT2D eigenvalue weighted by Gasteiger charge is -2.26. The molecule has 2 N–H and O–H groups in total. The molecule has 2 heterocycles. The Morgan fingerprint density at radius 2 is 2.33 bits per heavy atom. The van der Waals surface area contributed by atoms with E-state index in [1.807, 2.05) is 25.2 Å². The molecule has 1 amide bonds. The van der Waals surface area contributed by atoms with Crippen molar-refractivity contribution >= 4 is 11.6 Å². The molecule has 6 heteroatoms. The molecular formula is C15H19N5O. The topological polar surface area (TPSA) is 71.8 Å². The van der Waals surface area contributed by atoms with Gasteiger partial charge in [0.25, 0.3) is 0 Å². The standard InChI is InChI=1S/C15H19N5O/c1-20-10-17-14(19-20)8-9-16-15(21)13-7-6-11-4-2-3-5-12(11)18-13/h2-5,10,13,18H,6-9H2,1H3,(H,16,21). The SMILES string of the molecule is Cn1cnc(CCNC(=O)C2CCc3ccccc3N2)n1. The number of nitrogens with one attached hydrogen (secondary N) is 2. The predicted molar refractivity (Wildman–Crippen MR) is 79.9 cm³/mol. The summed E-state index contributed by atoms with van der Waals surface area (Å²) in [5, 5.41) is 10.4. The number of rotatable bonds is 4. The van der Waals surface area contributed by atoms with Crippen LogP contribution in [0.4, 0.5) is 5.69 Å². The van der Waals surface area contributed by atoms with Crippen LogP contribution in [-0.4, -0.2) is 33.3 Å². The van der Waals surface area contributed by atoms with E-state index in [4.69, 9.17) is 0 Å². The molecule has 3 rings (SSSR count). The number of fused-ring (bicyclic) bond motifs is 1. The van der Waals surface area contributed by atoms with E-state index in [0.717, 1.165) is 24.4 Å². The Hall–Kier alpha value is -2.37. The van der Waals surface area contributed by atoms with Gasteiger partial charge in [0.1, 0.15) is 12.4 Å². The smallest absolute Gasteiger partial charge is 0.242 e. The van der Waals surface area contributed by atoms with Crippen molar-refractivity contribution in [1.29, 1.82) is 0 Å². The maximum atomic E-state index is 12.2. The first-order valence-electron chi connectivity index (χ1n) is 7.19. The zero-order valence-electron chi connectivity index (χ0n) is 12.0.